The molecule has 0 bridgehead atoms. The highest BCUT2D eigenvalue weighted by molar-refractivity contribution is 5.25. The van der Waals surface area contributed by atoms with E-state index in [-0.39, 0.29) is 0 Å². The molecule has 3 saturated carbocycles. The lowest BCUT2D eigenvalue weighted by Crippen LogP contribution is -2.51. The Hall–Kier alpha value is -0.340. The van der Waals surface area contributed by atoms with Crippen LogP contribution < -0.4 is 5.73 Å². The molecule has 2 nitrogen and oxygen atoms in total. The van der Waals surface area contributed by atoms with Gasteiger partial charge in [-0.2, -0.15) is 0 Å². The number of hydrogen-bond donors (Lipinski definition) is 1. The zero-order valence-electron chi connectivity index (χ0n) is 21.3. The van der Waals surface area contributed by atoms with Gasteiger partial charge >= 0.3 is 0 Å². The predicted octanol–water partition coefficient (Wildman–Crippen LogP) is 7.37. The third kappa shape index (κ3) is 4.42. The molecular formula is C29H51NO. The van der Waals surface area contributed by atoms with E-state index in [0.717, 1.165) is 48.5 Å². The smallest absolute Gasteiger partial charge is 0.0613 e. The van der Waals surface area contributed by atoms with E-state index in [1.165, 1.54) is 64.2 Å². The molecule has 4 rings (SSSR count). The van der Waals surface area contributed by atoms with Crippen LogP contribution in [0.2, 0.25) is 0 Å². The fraction of sp³-hybridized carbons (Fsp3) is 0.931. The summed E-state index contributed by atoms with van der Waals surface area (Å²) in [5.74, 6) is 5.53. The maximum Gasteiger partial charge on any atom is 0.0613 e. The first kappa shape index (κ1) is 23.8. The van der Waals surface area contributed by atoms with E-state index in [4.69, 9.17) is 10.5 Å². The van der Waals surface area contributed by atoms with E-state index < -0.39 is 0 Å². The van der Waals surface area contributed by atoms with Gasteiger partial charge in [-0.15, -0.1) is 0 Å². The Bertz CT molecular complexity index is 641. The average molecular weight is 430 g/mol. The zero-order valence-corrected chi connectivity index (χ0v) is 21.3. The Kier molecular flexibility index (Phi) is 7.29. The number of hydrogen-bond acceptors (Lipinski definition) is 2. The van der Waals surface area contributed by atoms with Gasteiger partial charge < -0.3 is 10.5 Å². The average Bonchev–Trinajstić information content (AvgIpc) is 3.09. The Labute approximate surface area is 193 Å². The molecule has 0 spiro atoms. The van der Waals surface area contributed by atoms with Crippen molar-refractivity contribution in [2.45, 2.75) is 111 Å². The lowest BCUT2D eigenvalue weighted by atomic mass is 9.47. The molecule has 6 unspecified atom stereocenters. The molecule has 4 aliphatic carbocycles. The lowest BCUT2D eigenvalue weighted by Gasteiger charge is -2.58. The van der Waals surface area contributed by atoms with Crippen LogP contribution in [0.5, 0.6) is 0 Å². The topological polar surface area (TPSA) is 35.2 Å². The molecule has 0 aromatic rings. The van der Waals surface area contributed by atoms with E-state index >= 15 is 0 Å². The molecule has 0 saturated heterocycles. The second-order valence-corrected chi connectivity index (χ2v) is 12.8. The third-order valence-electron chi connectivity index (χ3n) is 10.7. The SMILES string of the molecule is CC(C)CCC[C@@H](C)C1CCC2C3CC=C4C[C@@H](OCCN)CCC4(C)C3CCC21C. The summed E-state index contributed by atoms with van der Waals surface area (Å²) >= 11 is 0. The molecule has 0 aromatic carbocycles. The first-order chi connectivity index (χ1) is 14.8. The van der Waals surface area contributed by atoms with Crippen molar-refractivity contribution in [1.82, 2.24) is 0 Å². The van der Waals surface area contributed by atoms with Gasteiger partial charge in [0.05, 0.1) is 12.7 Å². The molecule has 178 valence electrons. The third-order valence-corrected chi connectivity index (χ3v) is 10.7. The quantitative estimate of drug-likeness (QED) is 0.409. The Morgan fingerprint density at radius 3 is 2.58 bits per heavy atom. The molecular weight excluding hydrogens is 378 g/mol. The molecule has 2 N–H and O–H groups in total. The van der Waals surface area contributed by atoms with Gasteiger partial charge in [0.1, 0.15) is 0 Å². The number of allylic oxidation sites excluding steroid dienone is 1. The highest BCUT2D eigenvalue weighted by Gasteiger charge is 2.59. The van der Waals surface area contributed by atoms with Crippen molar-refractivity contribution in [3.05, 3.63) is 11.6 Å². The van der Waals surface area contributed by atoms with Gasteiger partial charge in [0.25, 0.3) is 0 Å². The van der Waals surface area contributed by atoms with Crippen LogP contribution >= 0.6 is 0 Å². The highest BCUT2D eigenvalue weighted by Crippen LogP contribution is 2.67. The van der Waals surface area contributed by atoms with Crippen molar-refractivity contribution in [3.63, 3.8) is 0 Å². The summed E-state index contributed by atoms with van der Waals surface area (Å²) in [5, 5.41) is 0. The molecule has 0 aliphatic heterocycles. The molecule has 0 radical (unpaired) electrons. The van der Waals surface area contributed by atoms with Crippen molar-refractivity contribution in [2.75, 3.05) is 13.2 Å². The molecule has 2 heteroatoms. The molecule has 31 heavy (non-hydrogen) atoms. The fourth-order valence-electron chi connectivity index (χ4n) is 9.03. The summed E-state index contributed by atoms with van der Waals surface area (Å²) in [5.41, 5.74) is 8.46. The Morgan fingerprint density at radius 2 is 1.84 bits per heavy atom. The minimum atomic E-state index is 0.413. The molecule has 8 atom stereocenters. The van der Waals surface area contributed by atoms with Crippen LogP contribution in [0.15, 0.2) is 11.6 Å². The van der Waals surface area contributed by atoms with Crippen molar-refractivity contribution >= 4 is 0 Å². The Balaban J connectivity index is 1.45. The van der Waals surface area contributed by atoms with E-state index in [1.54, 1.807) is 5.57 Å². The van der Waals surface area contributed by atoms with E-state index in [9.17, 15) is 0 Å². The minimum Gasteiger partial charge on any atom is -0.377 e. The van der Waals surface area contributed by atoms with Gasteiger partial charge in [-0.05, 0) is 97.7 Å². The molecule has 0 aromatic heterocycles. The van der Waals surface area contributed by atoms with Crippen LogP contribution in [0.4, 0.5) is 0 Å². The number of fused-ring (bicyclic) bond motifs is 5. The first-order valence-electron chi connectivity index (χ1n) is 13.8. The second-order valence-electron chi connectivity index (χ2n) is 12.8. The summed E-state index contributed by atoms with van der Waals surface area (Å²) < 4.78 is 6.07. The molecule has 0 heterocycles. The van der Waals surface area contributed by atoms with Crippen molar-refractivity contribution in [2.24, 2.45) is 52.1 Å². The second kappa shape index (κ2) is 9.49. The normalized spacial score (nSPS) is 43.2. The summed E-state index contributed by atoms with van der Waals surface area (Å²) in [7, 11) is 0. The van der Waals surface area contributed by atoms with Crippen molar-refractivity contribution in [3.8, 4) is 0 Å². The number of ether oxygens (including phenoxy) is 1. The molecule has 4 aliphatic rings. The van der Waals surface area contributed by atoms with Gasteiger partial charge in [-0.3, -0.25) is 0 Å². The van der Waals surface area contributed by atoms with E-state index in [1.807, 2.05) is 0 Å². The van der Waals surface area contributed by atoms with Crippen LogP contribution in [0.25, 0.3) is 0 Å². The lowest BCUT2D eigenvalue weighted by molar-refractivity contribution is -0.0634. The van der Waals surface area contributed by atoms with Crippen LogP contribution in [-0.2, 0) is 4.74 Å². The predicted molar refractivity (Wildman–Crippen MR) is 132 cm³/mol. The van der Waals surface area contributed by atoms with Gasteiger partial charge in [-0.25, -0.2) is 0 Å². The van der Waals surface area contributed by atoms with Gasteiger partial charge in [0, 0.05) is 6.54 Å². The van der Waals surface area contributed by atoms with E-state index in [0.29, 0.717) is 23.5 Å². The standard InChI is InChI=1S/C29H51NO/c1-20(2)7-6-8-21(3)25-11-12-26-24-10-9-22-19-23(31-18-17-30)13-15-28(22,4)27(24)14-16-29(25,26)5/h9,20-21,23-27H,6-8,10-19,30H2,1-5H3/t21-,23+,24?,25?,26?,27?,28?,29?/m1/s1. The van der Waals surface area contributed by atoms with Gasteiger partial charge in [0.15, 0.2) is 0 Å². The van der Waals surface area contributed by atoms with Gasteiger partial charge in [-0.1, -0.05) is 65.5 Å². The van der Waals surface area contributed by atoms with Crippen LogP contribution in [0.1, 0.15) is 105 Å². The number of nitrogens with two attached hydrogens (primary N) is 1. The summed E-state index contributed by atoms with van der Waals surface area (Å²) in [6.45, 7) is 14.0. The van der Waals surface area contributed by atoms with Crippen molar-refractivity contribution in [1.29, 1.82) is 0 Å². The van der Waals surface area contributed by atoms with Crippen molar-refractivity contribution < 1.29 is 4.74 Å². The fourth-order valence-corrected chi connectivity index (χ4v) is 9.03. The summed E-state index contributed by atoms with van der Waals surface area (Å²) in [6, 6.07) is 0. The molecule has 3 fully saturated rings. The number of rotatable bonds is 8. The Morgan fingerprint density at radius 1 is 1.03 bits per heavy atom. The summed E-state index contributed by atoms with van der Waals surface area (Å²) in [6.07, 6.45) is 18.4. The van der Waals surface area contributed by atoms with Gasteiger partial charge in [0.2, 0.25) is 0 Å². The first-order valence-corrected chi connectivity index (χ1v) is 13.8. The maximum atomic E-state index is 6.07. The highest BCUT2D eigenvalue weighted by atomic mass is 16.5. The van der Waals surface area contributed by atoms with Crippen LogP contribution in [0.3, 0.4) is 0 Å². The largest absolute Gasteiger partial charge is 0.377 e. The van der Waals surface area contributed by atoms with Crippen LogP contribution in [0, 0.1) is 46.3 Å². The summed E-state index contributed by atoms with van der Waals surface area (Å²) in [4.78, 5) is 0. The monoisotopic (exact) mass is 429 g/mol. The minimum absolute atomic E-state index is 0.413. The van der Waals surface area contributed by atoms with E-state index in [2.05, 4.69) is 40.7 Å². The van der Waals surface area contributed by atoms with Crippen LogP contribution in [-0.4, -0.2) is 19.3 Å². The molecule has 0 amide bonds. The zero-order chi connectivity index (χ0) is 22.2. The maximum absolute atomic E-state index is 6.07.